The molecule has 1 aliphatic heterocycles. The normalized spacial score (nSPS) is 15.8. The Balaban J connectivity index is 2.31. The predicted molar refractivity (Wildman–Crippen MR) is 46.5 cm³/mol. The summed E-state index contributed by atoms with van der Waals surface area (Å²) < 4.78 is 0. The summed E-state index contributed by atoms with van der Waals surface area (Å²) in [6.07, 6.45) is 3.54. The number of hydrazone groups is 1. The van der Waals surface area contributed by atoms with Gasteiger partial charge in [-0.3, -0.25) is 10.4 Å². The summed E-state index contributed by atoms with van der Waals surface area (Å²) in [5.41, 5.74) is 4.01. The third-order valence-electron chi connectivity index (χ3n) is 1.79. The van der Waals surface area contributed by atoms with Crippen molar-refractivity contribution in [2.24, 2.45) is 5.10 Å². The van der Waals surface area contributed by atoms with Gasteiger partial charge in [-0.15, -0.1) is 0 Å². The minimum absolute atomic E-state index is 0.775. The maximum Gasteiger partial charge on any atom is 0.157 e. The standard InChI is InChI=1S/C8H10N4/c1-12-6-10-11-8(12)7-2-4-9-5-3-7/h2-5,10H,6H2,1H3. The summed E-state index contributed by atoms with van der Waals surface area (Å²) in [5, 5.41) is 4.15. The molecule has 0 saturated heterocycles. The van der Waals surface area contributed by atoms with Crippen molar-refractivity contribution in [3.05, 3.63) is 30.1 Å². The first kappa shape index (κ1) is 7.09. The zero-order valence-corrected chi connectivity index (χ0v) is 6.86. The van der Waals surface area contributed by atoms with Crippen LogP contribution in [0.1, 0.15) is 5.56 Å². The van der Waals surface area contributed by atoms with Crippen molar-refractivity contribution in [2.45, 2.75) is 0 Å². The molecule has 4 heteroatoms. The van der Waals surface area contributed by atoms with Crippen LogP contribution in [0.25, 0.3) is 0 Å². The summed E-state index contributed by atoms with van der Waals surface area (Å²) in [4.78, 5) is 6.00. The molecular formula is C8H10N4. The van der Waals surface area contributed by atoms with Gasteiger partial charge in [-0.05, 0) is 12.1 Å². The van der Waals surface area contributed by atoms with E-state index in [0.29, 0.717) is 0 Å². The van der Waals surface area contributed by atoms with Gasteiger partial charge < -0.3 is 4.90 Å². The van der Waals surface area contributed by atoms with Crippen LogP contribution in [0.3, 0.4) is 0 Å². The quantitative estimate of drug-likeness (QED) is 0.643. The number of hydrogen-bond donors (Lipinski definition) is 1. The molecule has 0 aromatic carbocycles. The SMILES string of the molecule is CN1CNN=C1c1ccncc1. The molecule has 1 aromatic heterocycles. The van der Waals surface area contributed by atoms with Gasteiger partial charge in [0.15, 0.2) is 5.84 Å². The number of rotatable bonds is 1. The van der Waals surface area contributed by atoms with E-state index in [1.807, 2.05) is 19.2 Å². The number of nitrogens with zero attached hydrogens (tertiary/aromatic N) is 3. The maximum atomic E-state index is 4.15. The first-order valence-electron chi connectivity index (χ1n) is 3.80. The van der Waals surface area contributed by atoms with E-state index in [4.69, 9.17) is 0 Å². The molecule has 0 radical (unpaired) electrons. The average Bonchev–Trinajstić information content (AvgIpc) is 2.53. The lowest BCUT2D eigenvalue weighted by Gasteiger charge is -2.11. The van der Waals surface area contributed by atoms with E-state index in [0.717, 1.165) is 18.1 Å². The summed E-state index contributed by atoms with van der Waals surface area (Å²) in [6, 6.07) is 3.89. The summed E-state index contributed by atoms with van der Waals surface area (Å²) in [6.45, 7) is 0.775. The van der Waals surface area contributed by atoms with Crippen molar-refractivity contribution in [3.63, 3.8) is 0 Å². The Kier molecular flexibility index (Phi) is 1.66. The number of amidine groups is 1. The predicted octanol–water partition coefficient (Wildman–Crippen LogP) is 0.236. The molecule has 0 unspecified atom stereocenters. The fourth-order valence-corrected chi connectivity index (χ4v) is 1.16. The summed E-state index contributed by atoms with van der Waals surface area (Å²) in [7, 11) is 2.00. The molecule has 0 atom stereocenters. The molecule has 0 saturated carbocycles. The molecule has 4 nitrogen and oxygen atoms in total. The third-order valence-corrected chi connectivity index (χ3v) is 1.79. The van der Waals surface area contributed by atoms with Crippen molar-refractivity contribution >= 4 is 5.84 Å². The van der Waals surface area contributed by atoms with Gasteiger partial charge in [-0.25, -0.2) is 0 Å². The smallest absolute Gasteiger partial charge is 0.157 e. The highest BCUT2D eigenvalue weighted by atomic mass is 15.5. The van der Waals surface area contributed by atoms with Crippen molar-refractivity contribution in [1.29, 1.82) is 0 Å². The zero-order valence-electron chi connectivity index (χ0n) is 6.86. The molecule has 12 heavy (non-hydrogen) atoms. The maximum absolute atomic E-state index is 4.15. The molecular weight excluding hydrogens is 152 g/mol. The number of hydrogen-bond acceptors (Lipinski definition) is 4. The van der Waals surface area contributed by atoms with Gasteiger partial charge in [0.05, 0.1) is 0 Å². The molecule has 0 amide bonds. The largest absolute Gasteiger partial charge is 0.339 e. The van der Waals surface area contributed by atoms with Gasteiger partial charge in [-0.2, -0.15) is 5.10 Å². The van der Waals surface area contributed by atoms with Crippen LogP contribution in [0.2, 0.25) is 0 Å². The highest BCUT2D eigenvalue weighted by molar-refractivity contribution is 5.99. The molecule has 1 N–H and O–H groups in total. The van der Waals surface area contributed by atoms with Crippen LogP contribution < -0.4 is 5.43 Å². The van der Waals surface area contributed by atoms with Crippen LogP contribution in [-0.4, -0.2) is 29.4 Å². The second-order valence-corrected chi connectivity index (χ2v) is 2.69. The average molecular weight is 162 g/mol. The molecule has 62 valence electrons. The molecule has 0 spiro atoms. The van der Waals surface area contributed by atoms with E-state index in [1.165, 1.54) is 0 Å². The highest BCUT2D eigenvalue weighted by Gasteiger charge is 2.13. The number of pyridine rings is 1. The Bertz CT molecular complexity index is 293. The fraction of sp³-hybridized carbons (Fsp3) is 0.250. The summed E-state index contributed by atoms with van der Waals surface area (Å²) in [5.74, 6) is 0.970. The van der Waals surface area contributed by atoms with Crippen LogP contribution in [0, 0.1) is 0 Å². The van der Waals surface area contributed by atoms with E-state index in [9.17, 15) is 0 Å². The van der Waals surface area contributed by atoms with Crippen molar-refractivity contribution in [3.8, 4) is 0 Å². The Hall–Kier alpha value is -1.58. The summed E-state index contributed by atoms with van der Waals surface area (Å²) >= 11 is 0. The first-order valence-corrected chi connectivity index (χ1v) is 3.80. The lowest BCUT2D eigenvalue weighted by atomic mass is 10.2. The third kappa shape index (κ3) is 1.11. The monoisotopic (exact) mass is 162 g/mol. The Morgan fingerprint density at radius 2 is 2.17 bits per heavy atom. The number of aromatic nitrogens is 1. The van der Waals surface area contributed by atoms with Gasteiger partial charge in [0.2, 0.25) is 0 Å². The van der Waals surface area contributed by atoms with E-state index >= 15 is 0 Å². The lowest BCUT2D eigenvalue weighted by Crippen LogP contribution is -2.25. The highest BCUT2D eigenvalue weighted by Crippen LogP contribution is 2.04. The topological polar surface area (TPSA) is 40.5 Å². The van der Waals surface area contributed by atoms with E-state index in [-0.39, 0.29) is 0 Å². The van der Waals surface area contributed by atoms with Crippen LogP contribution in [0.4, 0.5) is 0 Å². The Morgan fingerprint density at radius 1 is 1.42 bits per heavy atom. The fourth-order valence-electron chi connectivity index (χ4n) is 1.16. The lowest BCUT2D eigenvalue weighted by molar-refractivity contribution is 0.506. The molecule has 2 heterocycles. The Morgan fingerprint density at radius 3 is 2.75 bits per heavy atom. The molecule has 0 fully saturated rings. The van der Waals surface area contributed by atoms with Gasteiger partial charge in [0, 0.05) is 25.0 Å². The Labute approximate surface area is 70.9 Å². The van der Waals surface area contributed by atoms with Crippen LogP contribution in [0.15, 0.2) is 29.6 Å². The van der Waals surface area contributed by atoms with Gasteiger partial charge >= 0.3 is 0 Å². The molecule has 1 aliphatic rings. The van der Waals surface area contributed by atoms with Crippen LogP contribution >= 0.6 is 0 Å². The van der Waals surface area contributed by atoms with Crippen molar-refractivity contribution < 1.29 is 0 Å². The molecule has 0 bridgehead atoms. The second-order valence-electron chi connectivity index (χ2n) is 2.69. The van der Waals surface area contributed by atoms with E-state index in [2.05, 4.69) is 20.4 Å². The first-order chi connectivity index (χ1) is 5.88. The molecule has 1 aromatic rings. The van der Waals surface area contributed by atoms with Gasteiger partial charge in [-0.1, -0.05) is 0 Å². The van der Waals surface area contributed by atoms with E-state index in [1.54, 1.807) is 12.4 Å². The zero-order chi connectivity index (χ0) is 8.39. The van der Waals surface area contributed by atoms with Gasteiger partial charge in [0.25, 0.3) is 0 Å². The molecule has 0 aliphatic carbocycles. The minimum atomic E-state index is 0.775. The van der Waals surface area contributed by atoms with Crippen LogP contribution in [-0.2, 0) is 0 Å². The molecule has 2 rings (SSSR count). The van der Waals surface area contributed by atoms with Gasteiger partial charge in [0.1, 0.15) is 6.67 Å². The number of nitrogens with one attached hydrogen (secondary N) is 1. The minimum Gasteiger partial charge on any atom is -0.339 e. The van der Waals surface area contributed by atoms with Crippen molar-refractivity contribution in [2.75, 3.05) is 13.7 Å². The second kappa shape index (κ2) is 2.81. The van der Waals surface area contributed by atoms with Crippen LogP contribution in [0.5, 0.6) is 0 Å². The van der Waals surface area contributed by atoms with Crippen molar-refractivity contribution in [1.82, 2.24) is 15.3 Å². The van der Waals surface area contributed by atoms with E-state index < -0.39 is 0 Å².